The molecule has 52 heavy (non-hydrogen) atoms. The molecule has 0 amide bonds. The third-order valence-electron chi connectivity index (χ3n) is 10.4. The highest BCUT2D eigenvalue weighted by atomic mass is 15.0. The summed E-state index contributed by atoms with van der Waals surface area (Å²) in [6.45, 7) is 2.21. The molecule has 7 aromatic rings. The van der Waals surface area contributed by atoms with Gasteiger partial charge in [-0.3, -0.25) is 0 Å². The lowest BCUT2D eigenvalue weighted by atomic mass is 9.90. The first-order valence-electron chi connectivity index (χ1n) is 18.3. The van der Waals surface area contributed by atoms with Gasteiger partial charge in [0.15, 0.2) is 5.84 Å². The lowest BCUT2D eigenvalue weighted by Gasteiger charge is -2.18. The summed E-state index contributed by atoms with van der Waals surface area (Å²) in [5, 5.41) is 1.35. The molecule has 9 rings (SSSR count). The topological polar surface area (TPSA) is 29.6 Å². The van der Waals surface area contributed by atoms with E-state index in [9.17, 15) is 0 Å². The smallest absolute Gasteiger partial charge is 0.160 e. The number of allylic oxidation sites excluding steroid dienone is 2. The van der Waals surface area contributed by atoms with Crippen LogP contribution in [0.15, 0.2) is 179 Å². The van der Waals surface area contributed by atoms with Crippen molar-refractivity contribution in [1.29, 1.82) is 0 Å². The number of fused-ring (bicyclic) bond motifs is 3. The molecule has 250 valence electrons. The van der Waals surface area contributed by atoms with Crippen LogP contribution in [0.5, 0.6) is 0 Å². The Morgan fingerprint density at radius 2 is 1.15 bits per heavy atom. The van der Waals surface area contributed by atoms with Crippen molar-refractivity contribution in [2.24, 2.45) is 9.98 Å². The second-order valence-corrected chi connectivity index (χ2v) is 13.7. The summed E-state index contributed by atoms with van der Waals surface area (Å²) in [5.74, 6) is 0.739. The summed E-state index contributed by atoms with van der Waals surface area (Å²) in [7, 11) is 0. The Hall–Kier alpha value is -6.32. The van der Waals surface area contributed by atoms with E-state index < -0.39 is 0 Å². The number of para-hydroxylation sites is 1. The first-order chi connectivity index (χ1) is 25.7. The van der Waals surface area contributed by atoms with Gasteiger partial charge in [0.2, 0.25) is 0 Å². The van der Waals surface area contributed by atoms with E-state index in [1.807, 2.05) is 6.07 Å². The molecule has 0 saturated carbocycles. The minimum Gasteiger partial charge on any atom is -0.310 e. The van der Waals surface area contributed by atoms with E-state index in [1.165, 1.54) is 55.7 Å². The number of amidine groups is 1. The Morgan fingerprint density at radius 3 is 1.90 bits per heavy atom. The number of hydrogen-bond acceptors (Lipinski definition) is 2. The van der Waals surface area contributed by atoms with E-state index in [4.69, 9.17) is 9.98 Å². The van der Waals surface area contributed by atoms with Crippen LogP contribution in [0.2, 0.25) is 0 Å². The molecule has 0 N–H and O–H groups in total. The average Bonchev–Trinajstić information content (AvgIpc) is 3.55. The molecule has 1 aliphatic carbocycles. The first kappa shape index (κ1) is 31.6. The van der Waals surface area contributed by atoms with Crippen LogP contribution in [0.25, 0.3) is 50.6 Å². The highest BCUT2D eigenvalue weighted by molar-refractivity contribution is 6.14. The molecule has 2 heterocycles. The minimum atomic E-state index is 0.739. The van der Waals surface area contributed by atoms with Gasteiger partial charge in [-0.05, 0) is 102 Å². The zero-order valence-electron chi connectivity index (χ0n) is 29.3. The number of rotatable bonds is 6. The normalized spacial score (nSPS) is 17.8. The van der Waals surface area contributed by atoms with Gasteiger partial charge >= 0.3 is 0 Å². The SMILES string of the molecule is C/C1=C(c2ccccc2)/N=C(c2ccccc2)\N=C(\c2ccc(-c3ccccc3)c(-c3ccc(-n4c5c(c6ccccc64)CCC=C5)cc3)c2)CC1. The van der Waals surface area contributed by atoms with Crippen molar-refractivity contribution < 1.29 is 0 Å². The number of hydrogen-bond donors (Lipinski definition) is 0. The first-order valence-corrected chi connectivity index (χ1v) is 18.3. The van der Waals surface area contributed by atoms with E-state index in [-0.39, 0.29) is 0 Å². The number of aliphatic imine (C=N–C) groups is 2. The predicted molar refractivity (Wildman–Crippen MR) is 219 cm³/mol. The zero-order chi connectivity index (χ0) is 34.9. The molecule has 3 nitrogen and oxygen atoms in total. The molecular formula is C49H39N3. The van der Waals surface area contributed by atoms with Gasteiger partial charge < -0.3 is 4.57 Å². The molecule has 0 unspecified atom stereocenters. The molecule has 3 heteroatoms. The van der Waals surface area contributed by atoms with Crippen LogP contribution in [0.1, 0.15) is 54.1 Å². The second kappa shape index (κ2) is 13.8. The van der Waals surface area contributed by atoms with E-state index in [2.05, 4.69) is 175 Å². The maximum atomic E-state index is 5.36. The van der Waals surface area contributed by atoms with Crippen LogP contribution in [0.4, 0.5) is 0 Å². The average molecular weight is 670 g/mol. The van der Waals surface area contributed by atoms with E-state index in [1.54, 1.807) is 0 Å². The standard InChI is InChI=1S/C49H39N3/c1-34-25-32-45(50-49(38-19-9-4-10-20-38)51-48(34)37-17-7-3-8-18-37)39-28-31-41(35-15-5-2-6-16-35)44(33-39)36-26-29-40(30-27-36)52-46-23-13-11-21-42(46)43-22-12-14-24-47(43)52/h2-11,13-21,23-24,26-31,33H,12,22,25,32H2,1H3/b48-34-,50-45+,51-49-. The van der Waals surface area contributed by atoms with Crippen molar-refractivity contribution in [3.05, 3.63) is 197 Å². The summed E-state index contributed by atoms with van der Waals surface area (Å²) >= 11 is 0. The van der Waals surface area contributed by atoms with Gasteiger partial charge in [0.05, 0.1) is 16.9 Å². The fourth-order valence-corrected chi connectivity index (χ4v) is 7.75. The van der Waals surface area contributed by atoms with Crippen LogP contribution >= 0.6 is 0 Å². The largest absolute Gasteiger partial charge is 0.310 e. The fraction of sp³-hybridized carbons (Fsp3) is 0.102. The van der Waals surface area contributed by atoms with Crippen LogP contribution in [-0.4, -0.2) is 16.1 Å². The zero-order valence-corrected chi connectivity index (χ0v) is 29.3. The van der Waals surface area contributed by atoms with Gasteiger partial charge in [-0.15, -0.1) is 0 Å². The third-order valence-corrected chi connectivity index (χ3v) is 10.4. The van der Waals surface area contributed by atoms with Crippen LogP contribution in [0.3, 0.4) is 0 Å². The molecule has 1 aliphatic heterocycles. The number of nitrogens with zero attached hydrogens (tertiary/aromatic N) is 3. The highest BCUT2D eigenvalue weighted by Gasteiger charge is 2.20. The number of benzene rings is 6. The van der Waals surface area contributed by atoms with Gasteiger partial charge in [0.1, 0.15) is 0 Å². The van der Waals surface area contributed by atoms with Gasteiger partial charge in [-0.1, -0.05) is 140 Å². The minimum absolute atomic E-state index is 0.739. The fourth-order valence-electron chi connectivity index (χ4n) is 7.75. The van der Waals surface area contributed by atoms with Crippen molar-refractivity contribution in [3.8, 4) is 27.9 Å². The Balaban J connectivity index is 1.16. The van der Waals surface area contributed by atoms with Crippen molar-refractivity contribution in [3.63, 3.8) is 0 Å². The Kier molecular flexibility index (Phi) is 8.38. The lowest BCUT2D eigenvalue weighted by molar-refractivity contribution is 0.967. The van der Waals surface area contributed by atoms with E-state index in [0.717, 1.165) is 59.6 Å². The van der Waals surface area contributed by atoms with Gasteiger partial charge in [0.25, 0.3) is 0 Å². The van der Waals surface area contributed by atoms with E-state index >= 15 is 0 Å². The maximum absolute atomic E-state index is 5.36. The second-order valence-electron chi connectivity index (χ2n) is 13.7. The summed E-state index contributed by atoms with van der Waals surface area (Å²) < 4.78 is 2.42. The van der Waals surface area contributed by atoms with Crippen LogP contribution in [-0.2, 0) is 6.42 Å². The molecule has 0 fully saturated rings. The van der Waals surface area contributed by atoms with Crippen molar-refractivity contribution >= 4 is 34.2 Å². The van der Waals surface area contributed by atoms with Gasteiger partial charge in [-0.25, -0.2) is 9.98 Å². The number of aryl methyl sites for hydroxylation is 1. The van der Waals surface area contributed by atoms with Crippen molar-refractivity contribution in [1.82, 2.24) is 4.57 Å². The molecule has 1 aromatic heterocycles. The summed E-state index contributed by atoms with van der Waals surface area (Å²) in [6, 6.07) is 56.3. The molecule has 0 spiro atoms. The molecule has 0 radical (unpaired) electrons. The predicted octanol–water partition coefficient (Wildman–Crippen LogP) is 12.4. The highest BCUT2D eigenvalue weighted by Crippen LogP contribution is 2.37. The lowest BCUT2D eigenvalue weighted by Crippen LogP contribution is -2.11. The molecular weight excluding hydrogens is 631 g/mol. The molecule has 6 aromatic carbocycles. The quantitative estimate of drug-likeness (QED) is 0.169. The van der Waals surface area contributed by atoms with Crippen LogP contribution < -0.4 is 0 Å². The third kappa shape index (κ3) is 5.95. The van der Waals surface area contributed by atoms with E-state index in [0.29, 0.717) is 0 Å². The Bertz CT molecular complexity index is 2530. The van der Waals surface area contributed by atoms with Crippen LogP contribution in [0, 0.1) is 0 Å². The maximum Gasteiger partial charge on any atom is 0.160 e. The van der Waals surface area contributed by atoms with Crippen molar-refractivity contribution in [2.45, 2.75) is 32.6 Å². The Morgan fingerprint density at radius 1 is 0.519 bits per heavy atom. The summed E-state index contributed by atoms with van der Waals surface area (Å²) in [6.07, 6.45) is 8.46. The van der Waals surface area contributed by atoms with Crippen molar-refractivity contribution in [2.75, 3.05) is 0 Å². The monoisotopic (exact) mass is 669 g/mol. The van der Waals surface area contributed by atoms with Gasteiger partial charge in [-0.2, -0.15) is 0 Å². The molecule has 0 saturated heterocycles. The summed E-state index contributed by atoms with van der Waals surface area (Å²) in [4.78, 5) is 10.6. The molecule has 0 bridgehead atoms. The Labute approximate surface area is 305 Å². The van der Waals surface area contributed by atoms with Gasteiger partial charge in [0, 0.05) is 27.9 Å². The number of aromatic nitrogens is 1. The summed E-state index contributed by atoms with van der Waals surface area (Å²) in [5.41, 5.74) is 16.5. The molecule has 0 atom stereocenters. The molecule has 2 aliphatic rings.